The first-order valence-corrected chi connectivity index (χ1v) is 7.76. The highest BCUT2D eigenvalue weighted by atomic mass is 16.1. The number of nitrogens with one attached hydrogen (secondary N) is 4. The number of H-pyrrole nitrogens is 2. The van der Waals surface area contributed by atoms with Crippen molar-refractivity contribution < 1.29 is 4.79 Å². The third-order valence-electron chi connectivity index (χ3n) is 4.36. The highest BCUT2D eigenvalue weighted by Gasteiger charge is 2.21. The number of hydrogen-bond acceptors (Lipinski definition) is 4. The minimum atomic E-state index is -0.110. The zero-order chi connectivity index (χ0) is 15.6. The predicted octanol–water partition coefficient (Wildman–Crippen LogP) is 1.29. The van der Waals surface area contributed by atoms with E-state index >= 15 is 0 Å². The summed E-state index contributed by atoms with van der Waals surface area (Å²) < 4.78 is 0. The summed E-state index contributed by atoms with van der Waals surface area (Å²) in [5, 5.41) is 14.4. The molecule has 4 N–H and O–H groups in total. The van der Waals surface area contributed by atoms with Gasteiger partial charge in [-0.05, 0) is 25.1 Å². The molecule has 1 aliphatic rings. The second kappa shape index (κ2) is 5.85. The Balaban J connectivity index is 1.49. The summed E-state index contributed by atoms with van der Waals surface area (Å²) in [5.41, 5.74) is 3.50. The fraction of sp³-hybridized carbons (Fsp3) is 0.312. The van der Waals surface area contributed by atoms with Crippen LogP contribution in [0.5, 0.6) is 0 Å². The van der Waals surface area contributed by atoms with Crippen molar-refractivity contribution in [2.24, 2.45) is 0 Å². The van der Waals surface area contributed by atoms with Crippen molar-refractivity contribution in [3.63, 3.8) is 0 Å². The Hall–Kier alpha value is -2.67. The number of carbonyl (C=O) groups excluding carboxylic acids is 1. The maximum atomic E-state index is 12.4. The van der Waals surface area contributed by atoms with Gasteiger partial charge < -0.3 is 15.6 Å². The Morgan fingerprint density at radius 2 is 2.39 bits per heavy atom. The average molecular weight is 310 g/mol. The van der Waals surface area contributed by atoms with Crippen LogP contribution in [0.2, 0.25) is 0 Å². The molecule has 1 aliphatic heterocycles. The van der Waals surface area contributed by atoms with Gasteiger partial charge in [-0.25, -0.2) is 4.98 Å². The molecular formula is C16H18N6O. The number of carbonyl (C=O) groups is 1. The van der Waals surface area contributed by atoms with Crippen LogP contribution in [0.15, 0.2) is 30.7 Å². The number of rotatable bonds is 4. The van der Waals surface area contributed by atoms with E-state index in [1.54, 1.807) is 18.6 Å². The second-order valence-corrected chi connectivity index (χ2v) is 5.78. The van der Waals surface area contributed by atoms with Gasteiger partial charge in [0.1, 0.15) is 5.65 Å². The molecule has 7 nitrogen and oxygen atoms in total. The highest BCUT2D eigenvalue weighted by molar-refractivity contribution is 6.05. The molecule has 1 fully saturated rings. The molecule has 4 heterocycles. The summed E-state index contributed by atoms with van der Waals surface area (Å²) >= 11 is 0. The largest absolute Gasteiger partial charge is 0.348 e. The Bertz CT molecular complexity index is 830. The van der Waals surface area contributed by atoms with Crippen LogP contribution < -0.4 is 10.6 Å². The van der Waals surface area contributed by atoms with Crippen molar-refractivity contribution in [3.8, 4) is 0 Å². The number of amides is 1. The van der Waals surface area contributed by atoms with E-state index in [4.69, 9.17) is 0 Å². The van der Waals surface area contributed by atoms with Gasteiger partial charge in [0.25, 0.3) is 5.91 Å². The predicted molar refractivity (Wildman–Crippen MR) is 86.1 cm³/mol. The number of aromatic amines is 2. The van der Waals surface area contributed by atoms with Crippen molar-refractivity contribution >= 4 is 16.9 Å². The quantitative estimate of drug-likeness (QED) is 0.583. The van der Waals surface area contributed by atoms with Crippen molar-refractivity contribution in [1.29, 1.82) is 0 Å². The summed E-state index contributed by atoms with van der Waals surface area (Å²) in [7, 11) is 0. The fourth-order valence-electron chi connectivity index (χ4n) is 3.13. The standard InChI is InChI=1S/C16H18N6O/c23-16(13-9-19-15-12(13)2-1-4-18-15)20-7-11-8-21-22-14(11)10-3-5-17-6-10/h1-2,4,8-10,17H,3,5-7H2,(H,18,19)(H,20,23)(H,21,22). The van der Waals surface area contributed by atoms with Crippen LogP contribution in [0, 0.1) is 0 Å². The molecule has 4 rings (SSSR count). The van der Waals surface area contributed by atoms with Crippen molar-refractivity contribution in [3.05, 3.63) is 47.5 Å². The van der Waals surface area contributed by atoms with Crippen molar-refractivity contribution in [2.45, 2.75) is 18.9 Å². The number of hydrogen-bond donors (Lipinski definition) is 4. The molecule has 0 radical (unpaired) electrons. The third kappa shape index (κ3) is 2.59. The molecule has 0 spiro atoms. The lowest BCUT2D eigenvalue weighted by molar-refractivity contribution is 0.0952. The van der Waals surface area contributed by atoms with Gasteiger partial charge in [0.15, 0.2) is 0 Å². The molecule has 1 atom stereocenters. The van der Waals surface area contributed by atoms with E-state index in [9.17, 15) is 4.79 Å². The molecule has 7 heteroatoms. The summed E-state index contributed by atoms with van der Waals surface area (Å²) in [6, 6.07) is 3.72. The van der Waals surface area contributed by atoms with Crippen molar-refractivity contribution in [2.75, 3.05) is 13.1 Å². The number of aromatic nitrogens is 4. The van der Waals surface area contributed by atoms with Gasteiger partial charge in [0, 0.05) is 48.0 Å². The van der Waals surface area contributed by atoms with Crippen LogP contribution in [-0.2, 0) is 6.54 Å². The normalized spacial score (nSPS) is 17.7. The Morgan fingerprint density at radius 1 is 1.43 bits per heavy atom. The van der Waals surface area contributed by atoms with Gasteiger partial charge in [-0.3, -0.25) is 9.89 Å². The Labute approximate surface area is 132 Å². The van der Waals surface area contributed by atoms with E-state index in [2.05, 4.69) is 30.8 Å². The molecule has 23 heavy (non-hydrogen) atoms. The first kappa shape index (κ1) is 14.0. The van der Waals surface area contributed by atoms with Crippen LogP contribution in [-0.4, -0.2) is 39.2 Å². The summed E-state index contributed by atoms with van der Waals surface area (Å²) in [5.74, 6) is 0.336. The minimum absolute atomic E-state index is 0.110. The molecule has 1 amide bonds. The fourth-order valence-corrected chi connectivity index (χ4v) is 3.13. The van der Waals surface area contributed by atoms with Gasteiger partial charge in [-0.15, -0.1) is 0 Å². The SMILES string of the molecule is O=C(NCc1cn[nH]c1C1CCNC1)c1c[nH]c2ncccc12. The smallest absolute Gasteiger partial charge is 0.253 e. The van der Waals surface area contributed by atoms with Crippen LogP contribution in [0.1, 0.15) is 34.0 Å². The van der Waals surface area contributed by atoms with Crippen LogP contribution in [0.4, 0.5) is 0 Å². The molecule has 0 bridgehead atoms. The Morgan fingerprint density at radius 3 is 3.26 bits per heavy atom. The van der Waals surface area contributed by atoms with Gasteiger partial charge >= 0.3 is 0 Å². The van der Waals surface area contributed by atoms with E-state index in [1.165, 1.54) is 0 Å². The lowest BCUT2D eigenvalue weighted by Gasteiger charge is -2.10. The van der Waals surface area contributed by atoms with Gasteiger partial charge in [0.05, 0.1) is 11.8 Å². The summed E-state index contributed by atoms with van der Waals surface area (Å²) in [4.78, 5) is 19.7. The second-order valence-electron chi connectivity index (χ2n) is 5.78. The molecule has 0 aliphatic carbocycles. The van der Waals surface area contributed by atoms with Crippen LogP contribution in [0.3, 0.4) is 0 Å². The maximum Gasteiger partial charge on any atom is 0.253 e. The average Bonchev–Trinajstić information content (AvgIpc) is 3.30. The van der Waals surface area contributed by atoms with Crippen LogP contribution in [0.25, 0.3) is 11.0 Å². The van der Waals surface area contributed by atoms with Gasteiger partial charge in [-0.2, -0.15) is 5.10 Å². The van der Waals surface area contributed by atoms with Gasteiger partial charge in [0.2, 0.25) is 0 Å². The zero-order valence-corrected chi connectivity index (χ0v) is 12.6. The lowest BCUT2D eigenvalue weighted by atomic mass is 10.0. The molecule has 118 valence electrons. The molecular weight excluding hydrogens is 292 g/mol. The number of fused-ring (bicyclic) bond motifs is 1. The molecule has 3 aromatic rings. The number of pyridine rings is 1. The monoisotopic (exact) mass is 310 g/mol. The minimum Gasteiger partial charge on any atom is -0.348 e. The maximum absolute atomic E-state index is 12.4. The molecule has 3 aromatic heterocycles. The van der Waals surface area contributed by atoms with E-state index < -0.39 is 0 Å². The van der Waals surface area contributed by atoms with E-state index in [0.717, 1.165) is 41.8 Å². The molecule has 1 unspecified atom stereocenters. The molecule has 1 saturated heterocycles. The first-order valence-electron chi connectivity index (χ1n) is 7.76. The first-order chi connectivity index (χ1) is 11.3. The lowest BCUT2D eigenvalue weighted by Crippen LogP contribution is -2.23. The summed E-state index contributed by atoms with van der Waals surface area (Å²) in [6.07, 6.45) is 6.29. The third-order valence-corrected chi connectivity index (χ3v) is 4.36. The van der Waals surface area contributed by atoms with Gasteiger partial charge in [-0.1, -0.05) is 0 Å². The van der Waals surface area contributed by atoms with E-state index in [-0.39, 0.29) is 5.91 Å². The van der Waals surface area contributed by atoms with E-state index in [0.29, 0.717) is 18.0 Å². The zero-order valence-electron chi connectivity index (χ0n) is 12.6. The topological polar surface area (TPSA) is 98.5 Å². The molecule has 0 saturated carbocycles. The van der Waals surface area contributed by atoms with E-state index in [1.807, 2.05) is 12.1 Å². The van der Waals surface area contributed by atoms with Crippen molar-refractivity contribution in [1.82, 2.24) is 30.8 Å². The highest BCUT2D eigenvalue weighted by Crippen LogP contribution is 2.23. The molecule has 0 aromatic carbocycles. The Kier molecular flexibility index (Phi) is 3.55. The number of nitrogens with zero attached hydrogens (tertiary/aromatic N) is 2. The van der Waals surface area contributed by atoms with Crippen LogP contribution >= 0.6 is 0 Å². The summed E-state index contributed by atoms with van der Waals surface area (Å²) in [6.45, 7) is 2.45.